The fraction of sp³-hybridized carbons (Fsp3) is 0.929. The van der Waals surface area contributed by atoms with Crippen molar-refractivity contribution in [3.05, 3.63) is 0 Å². The molecule has 3 rings (SSSR count). The van der Waals surface area contributed by atoms with E-state index in [1.807, 2.05) is 0 Å². The average molecular weight is 221 g/mol. The van der Waals surface area contributed by atoms with Gasteiger partial charge in [0.15, 0.2) is 0 Å². The fourth-order valence-corrected chi connectivity index (χ4v) is 3.81. The molecule has 0 aromatic heterocycles. The quantitative estimate of drug-likeness (QED) is 0.763. The van der Waals surface area contributed by atoms with Crippen molar-refractivity contribution in [1.29, 1.82) is 0 Å². The lowest BCUT2D eigenvalue weighted by atomic mass is 9.86. The van der Waals surface area contributed by atoms with Crippen molar-refractivity contribution >= 4 is 5.91 Å². The van der Waals surface area contributed by atoms with E-state index >= 15 is 0 Å². The van der Waals surface area contributed by atoms with Gasteiger partial charge in [0.05, 0.1) is 0 Å². The van der Waals surface area contributed by atoms with Crippen LogP contribution in [0, 0.1) is 23.7 Å². The standard InChI is InChI=1S/C14H23NO/c1-9-3-2-4-13(5-9)15-14(16)12-7-10-6-11(10)8-12/h9-13H,2-8H2,1H3,(H,15,16). The highest BCUT2D eigenvalue weighted by molar-refractivity contribution is 5.79. The maximum Gasteiger partial charge on any atom is 0.223 e. The van der Waals surface area contributed by atoms with Crippen molar-refractivity contribution in [3.8, 4) is 0 Å². The number of nitrogens with one attached hydrogen (secondary N) is 1. The predicted octanol–water partition coefficient (Wildman–Crippen LogP) is 2.73. The molecule has 0 aromatic carbocycles. The molecule has 3 saturated carbocycles. The maximum atomic E-state index is 12.1. The second-order valence-electron chi connectivity index (χ2n) is 6.40. The summed E-state index contributed by atoms with van der Waals surface area (Å²) >= 11 is 0. The summed E-state index contributed by atoms with van der Waals surface area (Å²) in [7, 11) is 0. The van der Waals surface area contributed by atoms with Crippen LogP contribution in [0.25, 0.3) is 0 Å². The summed E-state index contributed by atoms with van der Waals surface area (Å²) < 4.78 is 0. The molecule has 2 nitrogen and oxygen atoms in total. The zero-order valence-electron chi connectivity index (χ0n) is 10.2. The van der Waals surface area contributed by atoms with Gasteiger partial charge in [0.25, 0.3) is 0 Å². The first-order chi connectivity index (χ1) is 7.72. The van der Waals surface area contributed by atoms with E-state index in [-0.39, 0.29) is 0 Å². The highest BCUT2D eigenvalue weighted by Crippen LogP contribution is 2.54. The summed E-state index contributed by atoms with van der Waals surface area (Å²) in [4.78, 5) is 12.1. The molecule has 1 amide bonds. The van der Waals surface area contributed by atoms with Gasteiger partial charge in [-0.05, 0) is 49.9 Å². The van der Waals surface area contributed by atoms with Crippen LogP contribution in [0.4, 0.5) is 0 Å². The van der Waals surface area contributed by atoms with Gasteiger partial charge in [0.1, 0.15) is 0 Å². The zero-order valence-corrected chi connectivity index (χ0v) is 10.2. The van der Waals surface area contributed by atoms with Crippen LogP contribution in [-0.4, -0.2) is 11.9 Å². The maximum absolute atomic E-state index is 12.1. The van der Waals surface area contributed by atoms with Crippen molar-refractivity contribution in [2.24, 2.45) is 23.7 Å². The first kappa shape index (κ1) is 10.6. The number of fused-ring (bicyclic) bond motifs is 1. The summed E-state index contributed by atoms with van der Waals surface area (Å²) in [5.41, 5.74) is 0. The molecule has 0 aliphatic heterocycles. The first-order valence-corrected chi connectivity index (χ1v) is 7.02. The Labute approximate surface area is 98.2 Å². The SMILES string of the molecule is CC1CCCC(NC(=O)C2CC3CC3C2)C1. The molecule has 3 aliphatic carbocycles. The number of carbonyl (C=O) groups excluding carboxylic acids is 1. The van der Waals surface area contributed by atoms with E-state index in [9.17, 15) is 4.79 Å². The van der Waals surface area contributed by atoms with Gasteiger partial charge in [0, 0.05) is 12.0 Å². The van der Waals surface area contributed by atoms with Crippen molar-refractivity contribution in [2.75, 3.05) is 0 Å². The van der Waals surface area contributed by atoms with E-state index in [4.69, 9.17) is 0 Å². The minimum atomic E-state index is 0.362. The first-order valence-electron chi connectivity index (χ1n) is 7.02. The average Bonchev–Trinajstić information content (AvgIpc) is 2.86. The molecule has 2 heteroatoms. The lowest BCUT2D eigenvalue weighted by molar-refractivity contribution is -0.126. The van der Waals surface area contributed by atoms with E-state index in [1.54, 1.807) is 0 Å². The van der Waals surface area contributed by atoms with Gasteiger partial charge in [-0.15, -0.1) is 0 Å². The highest BCUT2D eigenvalue weighted by Gasteiger charge is 2.48. The van der Waals surface area contributed by atoms with E-state index in [2.05, 4.69) is 12.2 Å². The molecule has 1 N–H and O–H groups in total. The Kier molecular flexibility index (Phi) is 2.68. The van der Waals surface area contributed by atoms with Crippen LogP contribution in [-0.2, 0) is 4.79 Å². The Balaban J connectivity index is 1.48. The number of rotatable bonds is 2. The third-order valence-electron chi connectivity index (χ3n) is 4.90. The fourth-order valence-electron chi connectivity index (χ4n) is 3.81. The minimum Gasteiger partial charge on any atom is -0.353 e. The molecule has 4 unspecified atom stereocenters. The van der Waals surface area contributed by atoms with Crippen LogP contribution in [0.1, 0.15) is 51.9 Å². The van der Waals surface area contributed by atoms with Gasteiger partial charge < -0.3 is 5.32 Å². The Bertz CT molecular complexity index is 278. The van der Waals surface area contributed by atoms with Crippen molar-refractivity contribution in [2.45, 2.75) is 57.9 Å². The topological polar surface area (TPSA) is 29.1 Å². The van der Waals surface area contributed by atoms with Crippen molar-refractivity contribution in [1.82, 2.24) is 5.32 Å². The largest absolute Gasteiger partial charge is 0.353 e. The van der Waals surface area contributed by atoms with E-state index < -0.39 is 0 Å². The summed E-state index contributed by atoms with van der Waals surface area (Å²) in [6.45, 7) is 2.31. The van der Waals surface area contributed by atoms with Crippen LogP contribution in [0.15, 0.2) is 0 Å². The normalized spacial score (nSPS) is 46.2. The molecular weight excluding hydrogens is 198 g/mol. The monoisotopic (exact) mass is 221 g/mol. The van der Waals surface area contributed by atoms with Gasteiger partial charge in [-0.25, -0.2) is 0 Å². The molecule has 0 spiro atoms. The lowest BCUT2D eigenvalue weighted by Gasteiger charge is -2.28. The number of hydrogen-bond donors (Lipinski definition) is 1. The second kappa shape index (κ2) is 4.05. The Morgan fingerprint density at radius 2 is 1.81 bits per heavy atom. The predicted molar refractivity (Wildman–Crippen MR) is 63.9 cm³/mol. The van der Waals surface area contributed by atoms with Crippen LogP contribution in [0.3, 0.4) is 0 Å². The van der Waals surface area contributed by atoms with Gasteiger partial charge >= 0.3 is 0 Å². The molecule has 0 bridgehead atoms. The summed E-state index contributed by atoms with van der Waals surface area (Å²) in [6.07, 6.45) is 8.81. The molecule has 90 valence electrons. The molecular formula is C14H23NO. The smallest absolute Gasteiger partial charge is 0.223 e. The third kappa shape index (κ3) is 2.11. The van der Waals surface area contributed by atoms with E-state index in [0.29, 0.717) is 17.9 Å². The summed E-state index contributed by atoms with van der Waals surface area (Å²) in [6, 6.07) is 0.480. The van der Waals surface area contributed by atoms with E-state index in [0.717, 1.165) is 17.8 Å². The molecule has 0 heterocycles. The molecule has 4 atom stereocenters. The van der Waals surface area contributed by atoms with Crippen LogP contribution in [0.2, 0.25) is 0 Å². The van der Waals surface area contributed by atoms with Gasteiger partial charge in [-0.2, -0.15) is 0 Å². The van der Waals surface area contributed by atoms with E-state index in [1.165, 1.54) is 44.9 Å². The van der Waals surface area contributed by atoms with Crippen LogP contribution in [0.5, 0.6) is 0 Å². The van der Waals surface area contributed by atoms with Crippen LogP contribution < -0.4 is 5.32 Å². The Morgan fingerprint density at radius 3 is 2.50 bits per heavy atom. The molecule has 0 saturated heterocycles. The zero-order chi connectivity index (χ0) is 11.1. The molecule has 3 fully saturated rings. The van der Waals surface area contributed by atoms with Crippen molar-refractivity contribution < 1.29 is 4.79 Å². The van der Waals surface area contributed by atoms with Gasteiger partial charge in [-0.3, -0.25) is 4.79 Å². The molecule has 3 aliphatic rings. The molecule has 0 radical (unpaired) electrons. The lowest BCUT2D eigenvalue weighted by Crippen LogP contribution is -2.41. The number of amides is 1. The third-order valence-corrected chi connectivity index (χ3v) is 4.90. The Hall–Kier alpha value is -0.530. The van der Waals surface area contributed by atoms with Gasteiger partial charge in [0.2, 0.25) is 5.91 Å². The highest BCUT2D eigenvalue weighted by atomic mass is 16.1. The van der Waals surface area contributed by atoms with Crippen molar-refractivity contribution in [3.63, 3.8) is 0 Å². The minimum absolute atomic E-state index is 0.362. The molecule has 0 aromatic rings. The van der Waals surface area contributed by atoms with Crippen LogP contribution >= 0.6 is 0 Å². The second-order valence-corrected chi connectivity index (χ2v) is 6.40. The number of carbonyl (C=O) groups is 1. The van der Waals surface area contributed by atoms with Gasteiger partial charge in [-0.1, -0.05) is 19.8 Å². The summed E-state index contributed by atoms with van der Waals surface area (Å²) in [5.74, 6) is 3.37. The molecule has 16 heavy (non-hydrogen) atoms. The number of hydrogen-bond acceptors (Lipinski definition) is 1. The summed E-state index contributed by atoms with van der Waals surface area (Å²) in [5, 5.41) is 3.29. The Morgan fingerprint density at radius 1 is 1.06 bits per heavy atom.